The number of rotatable bonds is 5. The zero-order chi connectivity index (χ0) is 18.4. The molecule has 0 radical (unpaired) electrons. The van der Waals surface area contributed by atoms with Crippen LogP contribution in [0.4, 0.5) is 0 Å². The normalized spacial score (nSPS) is 10.7. The number of hydrogen-bond donors (Lipinski definition) is 0. The van der Waals surface area contributed by atoms with Gasteiger partial charge in [-0.15, -0.1) is 0 Å². The lowest BCUT2D eigenvalue weighted by molar-refractivity contribution is -0.143. The molecule has 0 saturated heterocycles. The van der Waals surface area contributed by atoms with Crippen LogP contribution in [0.3, 0.4) is 0 Å². The summed E-state index contributed by atoms with van der Waals surface area (Å²) in [5.41, 5.74) is 0.650. The van der Waals surface area contributed by atoms with Crippen LogP contribution in [0.2, 0.25) is 0 Å². The summed E-state index contributed by atoms with van der Waals surface area (Å²) in [5.74, 6) is 1.18. The number of carbonyl (C=O) groups excluding carboxylic acids is 1. The Bertz CT molecular complexity index is 783. The van der Waals surface area contributed by atoms with Gasteiger partial charge in [-0.25, -0.2) is 0 Å². The smallest absolute Gasteiger partial charge is 0.316 e. The lowest BCUT2D eigenvalue weighted by Crippen LogP contribution is -2.25. The van der Waals surface area contributed by atoms with Crippen LogP contribution in [-0.4, -0.2) is 13.1 Å². The maximum atomic E-state index is 11.9. The molecule has 25 heavy (non-hydrogen) atoms. The van der Waals surface area contributed by atoms with E-state index in [1.807, 2.05) is 24.3 Å². The third-order valence-electron chi connectivity index (χ3n) is 3.45. The monoisotopic (exact) mass is 339 g/mol. The molecule has 0 unspecified atom stereocenters. The van der Waals surface area contributed by atoms with Gasteiger partial charge in [0.05, 0.1) is 18.1 Å². The Hall–Kier alpha value is -3.00. The molecule has 130 valence electrons. The summed E-state index contributed by atoms with van der Waals surface area (Å²) in [5, 5.41) is 9.32. The zero-order valence-corrected chi connectivity index (χ0v) is 14.8. The number of nitrogens with zero attached hydrogens (tertiary/aromatic N) is 1. The quantitative estimate of drug-likeness (QED) is 0.606. The lowest BCUT2D eigenvalue weighted by Gasteiger charge is -2.16. The highest BCUT2D eigenvalue weighted by Gasteiger charge is 2.24. The van der Waals surface area contributed by atoms with Crippen molar-refractivity contribution in [1.82, 2.24) is 0 Å². The molecule has 0 fully saturated rings. The number of nitriles is 1. The molecular formula is C20H21NO4. The van der Waals surface area contributed by atoms with E-state index in [9.17, 15) is 10.1 Å². The lowest BCUT2D eigenvalue weighted by atomic mass is 9.97. The molecule has 2 aromatic rings. The summed E-state index contributed by atoms with van der Waals surface area (Å²) < 4.78 is 16.1. The number of hydrogen-bond acceptors (Lipinski definition) is 5. The maximum absolute atomic E-state index is 11.9. The SMILES string of the molecule is COc1ccc(COc2ccc(OC(=O)C(C)(C)C)cc2C#N)cc1. The van der Waals surface area contributed by atoms with Gasteiger partial charge in [0, 0.05) is 6.07 Å². The van der Waals surface area contributed by atoms with Crippen molar-refractivity contribution >= 4 is 5.97 Å². The molecule has 0 heterocycles. The van der Waals surface area contributed by atoms with Crippen LogP contribution in [0.1, 0.15) is 31.9 Å². The molecule has 0 N–H and O–H groups in total. The average Bonchev–Trinajstić information content (AvgIpc) is 2.60. The van der Waals surface area contributed by atoms with E-state index in [0.29, 0.717) is 23.7 Å². The Balaban J connectivity index is 2.08. The van der Waals surface area contributed by atoms with Crippen molar-refractivity contribution in [2.75, 3.05) is 7.11 Å². The fraction of sp³-hybridized carbons (Fsp3) is 0.300. The molecule has 2 rings (SSSR count). The Kier molecular flexibility index (Phi) is 5.66. The molecule has 0 aliphatic heterocycles. The predicted molar refractivity (Wildman–Crippen MR) is 93.6 cm³/mol. The Morgan fingerprint density at radius 2 is 1.72 bits per heavy atom. The first kappa shape index (κ1) is 18.3. The number of benzene rings is 2. The van der Waals surface area contributed by atoms with E-state index in [4.69, 9.17) is 14.2 Å². The highest BCUT2D eigenvalue weighted by atomic mass is 16.5. The van der Waals surface area contributed by atoms with Gasteiger partial charge in [0.1, 0.15) is 29.9 Å². The standard InChI is InChI=1S/C20H21NO4/c1-20(2,3)19(22)25-17-9-10-18(15(11-17)12-21)24-13-14-5-7-16(23-4)8-6-14/h5-11H,13H2,1-4H3. The van der Waals surface area contributed by atoms with Crippen molar-refractivity contribution in [3.63, 3.8) is 0 Å². The molecule has 0 amide bonds. The van der Waals surface area contributed by atoms with Crippen molar-refractivity contribution in [2.24, 2.45) is 5.41 Å². The van der Waals surface area contributed by atoms with Crippen LogP contribution in [0.5, 0.6) is 17.2 Å². The van der Waals surface area contributed by atoms with Gasteiger partial charge in [-0.3, -0.25) is 4.79 Å². The van der Waals surface area contributed by atoms with Crippen LogP contribution in [-0.2, 0) is 11.4 Å². The van der Waals surface area contributed by atoms with Crippen LogP contribution >= 0.6 is 0 Å². The molecule has 0 aromatic heterocycles. The number of ether oxygens (including phenoxy) is 3. The topological polar surface area (TPSA) is 68.6 Å². The second-order valence-electron chi connectivity index (χ2n) is 6.55. The first-order valence-electron chi connectivity index (χ1n) is 7.85. The molecule has 0 spiro atoms. The minimum atomic E-state index is -0.615. The van der Waals surface area contributed by atoms with Gasteiger partial charge in [-0.2, -0.15) is 5.26 Å². The molecule has 0 aliphatic rings. The Labute approximate surface area is 147 Å². The van der Waals surface area contributed by atoms with Gasteiger partial charge in [0.25, 0.3) is 0 Å². The first-order chi connectivity index (χ1) is 11.8. The molecule has 0 atom stereocenters. The van der Waals surface area contributed by atoms with Crippen molar-refractivity contribution < 1.29 is 19.0 Å². The zero-order valence-electron chi connectivity index (χ0n) is 14.8. The van der Waals surface area contributed by atoms with Gasteiger partial charge in [-0.05, 0) is 50.6 Å². The highest BCUT2D eigenvalue weighted by Crippen LogP contribution is 2.26. The number of methoxy groups -OCH3 is 1. The minimum absolute atomic E-state index is 0.313. The van der Waals surface area contributed by atoms with Gasteiger partial charge in [0.15, 0.2) is 0 Å². The van der Waals surface area contributed by atoms with E-state index >= 15 is 0 Å². The second-order valence-corrected chi connectivity index (χ2v) is 6.55. The second kappa shape index (κ2) is 7.71. The van der Waals surface area contributed by atoms with Crippen molar-refractivity contribution in [1.29, 1.82) is 5.26 Å². The largest absolute Gasteiger partial charge is 0.497 e. The van der Waals surface area contributed by atoms with Crippen molar-refractivity contribution in [3.8, 4) is 23.3 Å². The Morgan fingerprint density at radius 3 is 2.28 bits per heavy atom. The summed E-state index contributed by atoms with van der Waals surface area (Å²) in [7, 11) is 1.61. The molecular weight excluding hydrogens is 318 g/mol. The third-order valence-corrected chi connectivity index (χ3v) is 3.45. The minimum Gasteiger partial charge on any atom is -0.497 e. The van der Waals surface area contributed by atoms with E-state index in [2.05, 4.69) is 6.07 Å². The molecule has 2 aromatic carbocycles. The van der Waals surface area contributed by atoms with E-state index in [1.54, 1.807) is 40.0 Å². The molecule has 5 heteroatoms. The molecule has 0 bridgehead atoms. The summed E-state index contributed by atoms with van der Waals surface area (Å²) in [6, 6.07) is 14.3. The Morgan fingerprint density at radius 1 is 1.08 bits per heavy atom. The van der Waals surface area contributed by atoms with E-state index in [0.717, 1.165) is 11.3 Å². The van der Waals surface area contributed by atoms with Gasteiger partial charge in [-0.1, -0.05) is 12.1 Å². The fourth-order valence-electron chi connectivity index (χ4n) is 1.93. The van der Waals surface area contributed by atoms with Crippen LogP contribution in [0.25, 0.3) is 0 Å². The molecule has 5 nitrogen and oxygen atoms in total. The molecule has 0 aliphatic carbocycles. The van der Waals surface area contributed by atoms with Crippen LogP contribution in [0, 0.1) is 16.7 Å². The van der Waals surface area contributed by atoms with E-state index < -0.39 is 5.41 Å². The van der Waals surface area contributed by atoms with E-state index in [1.165, 1.54) is 6.07 Å². The van der Waals surface area contributed by atoms with E-state index in [-0.39, 0.29) is 5.97 Å². The summed E-state index contributed by atoms with van der Waals surface area (Å²) in [4.78, 5) is 11.9. The predicted octanol–water partition coefficient (Wildman–Crippen LogP) is 4.10. The van der Waals surface area contributed by atoms with Crippen molar-refractivity contribution in [3.05, 3.63) is 53.6 Å². The van der Waals surface area contributed by atoms with Crippen LogP contribution < -0.4 is 14.2 Å². The van der Waals surface area contributed by atoms with Gasteiger partial charge in [0.2, 0.25) is 0 Å². The highest BCUT2D eigenvalue weighted by molar-refractivity contribution is 5.78. The van der Waals surface area contributed by atoms with Gasteiger partial charge >= 0.3 is 5.97 Å². The first-order valence-corrected chi connectivity index (χ1v) is 7.85. The fourth-order valence-corrected chi connectivity index (χ4v) is 1.93. The summed E-state index contributed by atoms with van der Waals surface area (Å²) in [6.07, 6.45) is 0. The number of carbonyl (C=O) groups is 1. The third kappa shape index (κ3) is 4.98. The average molecular weight is 339 g/mol. The van der Waals surface area contributed by atoms with Gasteiger partial charge < -0.3 is 14.2 Å². The van der Waals surface area contributed by atoms with Crippen molar-refractivity contribution in [2.45, 2.75) is 27.4 Å². The number of esters is 1. The maximum Gasteiger partial charge on any atom is 0.316 e. The summed E-state index contributed by atoms with van der Waals surface area (Å²) in [6.45, 7) is 5.63. The molecule has 0 saturated carbocycles. The summed E-state index contributed by atoms with van der Waals surface area (Å²) >= 11 is 0. The van der Waals surface area contributed by atoms with Crippen LogP contribution in [0.15, 0.2) is 42.5 Å².